The first-order valence-electron chi connectivity index (χ1n) is 15.5. The monoisotopic (exact) mass is 590 g/mol. The summed E-state index contributed by atoms with van der Waals surface area (Å²) in [6, 6.07) is 42.9. The molecule has 0 amide bonds. The Morgan fingerprint density at radius 1 is 0.435 bits per heavy atom. The molecule has 8 rings (SSSR count). The molecule has 0 aliphatic heterocycles. The van der Waals surface area contributed by atoms with Gasteiger partial charge in [0, 0.05) is 27.1 Å². The molecule has 2 aromatic heterocycles. The number of benzene rings is 6. The Kier molecular flexibility index (Phi) is 6.11. The van der Waals surface area contributed by atoms with Gasteiger partial charge < -0.3 is 9.13 Å². The molecule has 46 heavy (non-hydrogen) atoms. The number of aromatic nitrogens is 2. The van der Waals surface area contributed by atoms with Crippen LogP contribution in [0.5, 0.6) is 0 Å². The Morgan fingerprint density at radius 2 is 0.826 bits per heavy atom. The van der Waals surface area contributed by atoms with Crippen LogP contribution < -0.4 is 0 Å². The molecule has 6 aromatic carbocycles. The molecule has 0 saturated heterocycles. The van der Waals surface area contributed by atoms with Gasteiger partial charge in [0.05, 0.1) is 56.7 Å². The third kappa shape index (κ3) is 4.12. The van der Waals surface area contributed by atoms with Gasteiger partial charge in [-0.1, -0.05) is 58.7 Å². The largest absolute Gasteiger partial charge is 0.308 e. The van der Waals surface area contributed by atoms with E-state index in [0.29, 0.717) is 11.1 Å². The maximum absolute atomic E-state index is 10.5. The SMILES string of the molecule is Cc1ccc2c(c1)c1cc(C)ccc1n2-c1cc(C#N)cc(-n2c3ccc(C)cc3c3cc(C)ccc32)c1-c1cccc(C#N)c1. The molecule has 0 unspecified atom stereocenters. The zero-order valence-corrected chi connectivity index (χ0v) is 26.2. The smallest absolute Gasteiger partial charge is 0.0993 e. The molecule has 0 aliphatic carbocycles. The van der Waals surface area contributed by atoms with Crippen molar-refractivity contribution in [3.05, 3.63) is 143 Å². The molecule has 4 nitrogen and oxygen atoms in total. The van der Waals surface area contributed by atoms with Crippen LogP contribution in [-0.2, 0) is 0 Å². The van der Waals surface area contributed by atoms with Crippen molar-refractivity contribution in [2.24, 2.45) is 0 Å². The summed E-state index contributed by atoms with van der Waals surface area (Å²) < 4.78 is 4.59. The number of nitriles is 2. The van der Waals surface area contributed by atoms with Gasteiger partial charge in [-0.15, -0.1) is 0 Å². The van der Waals surface area contributed by atoms with Gasteiger partial charge in [0.2, 0.25) is 0 Å². The number of hydrogen-bond donors (Lipinski definition) is 0. The lowest BCUT2D eigenvalue weighted by Gasteiger charge is -2.21. The number of rotatable bonds is 3. The molecule has 0 N–H and O–H groups in total. The van der Waals surface area contributed by atoms with Gasteiger partial charge in [-0.3, -0.25) is 0 Å². The maximum Gasteiger partial charge on any atom is 0.0993 e. The second-order valence-electron chi connectivity index (χ2n) is 12.4. The highest BCUT2D eigenvalue weighted by atomic mass is 15.0. The maximum atomic E-state index is 10.5. The highest BCUT2D eigenvalue weighted by Crippen LogP contribution is 2.43. The van der Waals surface area contributed by atoms with Gasteiger partial charge in [0.25, 0.3) is 0 Å². The van der Waals surface area contributed by atoms with Crippen molar-refractivity contribution in [3.8, 4) is 34.6 Å². The molecule has 0 fully saturated rings. The second kappa shape index (κ2) is 10.2. The van der Waals surface area contributed by atoms with E-state index in [1.807, 2.05) is 30.3 Å². The molecular weight excluding hydrogens is 560 g/mol. The second-order valence-corrected chi connectivity index (χ2v) is 12.4. The normalized spacial score (nSPS) is 11.4. The summed E-state index contributed by atoms with van der Waals surface area (Å²) in [6.45, 7) is 8.49. The number of nitrogens with zero attached hydrogens (tertiary/aromatic N) is 4. The molecule has 8 aromatic rings. The molecular formula is C42H30N4. The van der Waals surface area contributed by atoms with Crippen LogP contribution in [0.2, 0.25) is 0 Å². The minimum absolute atomic E-state index is 0.564. The van der Waals surface area contributed by atoms with Gasteiger partial charge in [-0.05, 0) is 106 Å². The molecule has 0 spiro atoms. The first-order chi connectivity index (χ1) is 22.3. The fourth-order valence-corrected chi connectivity index (χ4v) is 7.09. The Hall–Kier alpha value is -6.10. The summed E-state index contributed by atoms with van der Waals surface area (Å²) in [6.07, 6.45) is 0. The van der Waals surface area contributed by atoms with Crippen molar-refractivity contribution in [3.63, 3.8) is 0 Å². The van der Waals surface area contributed by atoms with E-state index in [4.69, 9.17) is 0 Å². The van der Waals surface area contributed by atoms with Gasteiger partial charge >= 0.3 is 0 Å². The molecule has 2 heterocycles. The van der Waals surface area contributed by atoms with Crippen molar-refractivity contribution in [2.75, 3.05) is 0 Å². The Balaban J connectivity index is 1.61. The minimum Gasteiger partial charge on any atom is -0.308 e. The zero-order valence-electron chi connectivity index (χ0n) is 26.2. The van der Waals surface area contributed by atoms with Crippen LogP contribution in [0.25, 0.3) is 66.1 Å². The fourth-order valence-electron chi connectivity index (χ4n) is 7.09. The minimum atomic E-state index is 0.564. The van der Waals surface area contributed by atoms with Crippen LogP contribution in [0.3, 0.4) is 0 Å². The molecule has 0 saturated carbocycles. The van der Waals surface area contributed by atoms with Gasteiger partial charge in [0.1, 0.15) is 0 Å². The molecule has 0 atom stereocenters. The van der Waals surface area contributed by atoms with Crippen molar-refractivity contribution in [1.29, 1.82) is 10.5 Å². The van der Waals surface area contributed by atoms with E-state index in [2.05, 4.69) is 128 Å². The van der Waals surface area contributed by atoms with E-state index < -0.39 is 0 Å². The highest BCUT2D eigenvalue weighted by Gasteiger charge is 2.23. The van der Waals surface area contributed by atoms with Crippen LogP contribution in [0.4, 0.5) is 0 Å². The topological polar surface area (TPSA) is 57.4 Å². The summed E-state index contributed by atoms with van der Waals surface area (Å²) >= 11 is 0. The lowest BCUT2D eigenvalue weighted by Crippen LogP contribution is -2.05. The molecule has 0 aliphatic rings. The van der Waals surface area contributed by atoms with E-state index >= 15 is 0 Å². The lowest BCUT2D eigenvalue weighted by atomic mass is 9.96. The zero-order chi connectivity index (χ0) is 31.7. The fraction of sp³-hybridized carbons (Fsp3) is 0.0952. The standard InChI is InChI=1S/C42H30N4/c1-25-8-12-36-32(16-25)33-17-26(2)9-13-37(33)45(36)40-21-30(24-44)22-41(42(40)31-7-5-6-29(20-31)23-43)46-38-14-10-27(3)18-34(38)35-19-28(4)11-15-39(35)46/h5-22H,1-4H3. The average molecular weight is 591 g/mol. The number of hydrogen-bond acceptors (Lipinski definition) is 2. The summed E-state index contributed by atoms with van der Waals surface area (Å²) in [5, 5.41) is 25.2. The van der Waals surface area contributed by atoms with Gasteiger partial charge in [-0.2, -0.15) is 10.5 Å². The van der Waals surface area contributed by atoms with Crippen LogP contribution in [-0.4, -0.2) is 9.13 Å². The Labute approximate surface area is 267 Å². The quantitative estimate of drug-likeness (QED) is 0.206. The molecule has 4 heteroatoms. The predicted octanol–water partition coefficient (Wildman–Crippen LogP) is 10.5. The summed E-state index contributed by atoms with van der Waals surface area (Å²) in [5.41, 5.74) is 13.8. The van der Waals surface area contributed by atoms with Crippen molar-refractivity contribution in [2.45, 2.75) is 27.7 Å². The van der Waals surface area contributed by atoms with Crippen LogP contribution in [0.15, 0.2) is 109 Å². The molecule has 0 radical (unpaired) electrons. The molecule has 0 bridgehead atoms. The lowest BCUT2D eigenvalue weighted by molar-refractivity contribution is 1.13. The van der Waals surface area contributed by atoms with Crippen molar-refractivity contribution < 1.29 is 0 Å². The third-order valence-corrected chi connectivity index (χ3v) is 9.14. The Bertz CT molecular complexity index is 2390. The van der Waals surface area contributed by atoms with Crippen molar-refractivity contribution >= 4 is 43.6 Å². The van der Waals surface area contributed by atoms with Crippen LogP contribution in [0.1, 0.15) is 33.4 Å². The van der Waals surface area contributed by atoms with E-state index in [0.717, 1.165) is 44.6 Å². The van der Waals surface area contributed by atoms with E-state index in [-0.39, 0.29) is 0 Å². The van der Waals surface area contributed by atoms with Gasteiger partial charge in [-0.25, -0.2) is 0 Å². The third-order valence-electron chi connectivity index (χ3n) is 9.14. The van der Waals surface area contributed by atoms with E-state index in [1.165, 1.54) is 43.8 Å². The summed E-state index contributed by atoms with van der Waals surface area (Å²) in [5.74, 6) is 0. The number of aryl methyl sites for hydroxylation is 4. The number of fused-ring (bicyclic) bond motifs is 6. The van der Waals surface area contributed by atoms with Gasteiger partial charge in [0.15, 0.2) is 0 Å². The first kappa shape index (κ1) is 27.4. The first-order valence-corrected chi connectivity index (χ1v) is 15.5. The molecule has 218 valence electrons. The summed E-state index contributed by atoms with van der Waals surface area (Å²) in [4.78, 5) is 0. The average Bonchev–Trinajstić information content (AvgIpc) is 3.55. The van der Waals surface area contributed by atoms with E-state index in [9.17, 15) is 10.5 Å². The predicted molar refractivity (Wildman–Crippen MR) is 189 cm³/mol. The van der Waals surface area contributed by atoms with Crippen molar-refractivity contribution in [1.82, 2.24) is 9.13 Å². The van der Waals surface area contributed by atoms with Crippen LogP contribution in [0, 0.1) is 50.4 Å². The highest BCUT2D eigenvalue weighted by molar-refractivity contribution is 6.12. The Morgan fingerprint density at radius 3 is 1.20 bits per heavy atom. The van der Waals surface area contributed by atoms with Crippen LogP contribution >= 0.6 is 0 Å². The van der Waals surface area contributed by atoms with E-state index in [1.54, 1.807) is 0 Å². The summed E-state index contributed by atoms with van der Waals surface area (Å²) in [7, 11) is 0.